The zero-order valence-corrected chi connectivity index (χ0v) is 42.9. The number of amides is 2. The van der Waals surface area contributed by atoms with Crippen LogP contribution in [-0.4, -0.2) is 93.5 Å². The van der Waals surface area contributed by atoms with Crippen LogP contribution < -0.4 is 10.6 Å². The Balaban J connectivity index is 1.04. The van der Waals surface area contributed by atoms with Gasteiger partial charge in [0.25, 0.3) is 11.8 Å². The van der Waals surface area contributed by atoms with E-state index in [9.17, 15) is 23.7 Å². The zero-order chi connectivity index (χ0) is 51.8. The number of ether oxygens (including phenoxy) is 2. The fraction of sp³-hybridized carbons (Fsp3) is 0.204. The van der Waals surface area contributed by atoms with Gasteiger partial charge in [-0.1, -0.05) is 169 Å². The van der Waals surface area contributed by atoms with Gasteiger partial charge in [-0.2, -0.15) is 0 Å². The Kier molecular flexibility index (Phi) is 15.5. The molecular formula is C54H49N9O8S3. The van der Waals surface area contributed by atoms with Crippen molar-refractivity contribution in [3.8, 4) is 0 Å². The minimum Gasteiger partial charge on any atom is -0.614 e. The van der Waals surface area contributed by atoms with Gasteiger partial charge in [-0.25, -0.2) is 19.3 Å². The number of nitrogens with one attached hydrogen (secondary N) is 2. The average molecular weight is 1050 g/mol. The van der Waals surface area contributed by atoms with Crippen LogP contribution in [0.5, 0.6) is 0 Å². The van der Waals surface area contributed by atoms with E-state index in [0.29, 0.717) is 21.4 Å². The molecule has 0 radical (unpaired) electrons. The summed E-state index contributed by atoms with van der Waals surface area (Å²) < 4.78 is 27.5. The Morgan fingerprint density at radius 3 is 1.95 bits per heavy atom. The number of benzene rings is 5. The first kappa shape index (κ1) is 51.0. The normalized spacial score (nSPS) is 16.9. The van der Waals surface area contributed by atoms with Crippen LogP contribution in [0.3, 0.4) is 0 Å². The zero-order valence-electron chi connectivity index (χ0n) is 40.4. The van der Waals surface area contributed by atoms with Gasteiger partial charge >= 0.3 is 11.9 Å². The number of carbonyl (C=O) groups is 4. The molecule has 376 valence electrons. The molecule has 4 heterocycles. The number of aryl methyl sites for hydroxylation is 1. The lowest BCUT2D eigenvalue weighted by atomic mass is 9.77. The van der Waals surface area contributed by atoms with Crippen molar-refractivity contribution in [3.05, 3.63) is 213 Å². The maximum atomic E-state index is 14.7. The third-order valence-corrected chi connectivity index (χ3v) is 14.9. The summed E-state index contributed by atoms with van der Waals surface area (Å²) in [6.07, 6.45) is 0.695. The monoisotopic (exact) mass is 1050 g/mol. The summed E-state index contributed by atoms with van der Waals surface area (Å²) in [5, 5.41) is 24.9. The smallest absolute Gasteiger partial charge is 0.356 e. The molecule has 2 aliphatic heterocycles. The maximum absolute atomic E-state index is 14.7. The molecule has 2 amide bonds. The van der Waals surface area contributed by atoms with Crippen molar-refractivity contribution in [3.63, 3.8) is 0 Å². The second kappa shape index (κ2) is 22.5. The summed E-state index contributed by atoms with van der Waals surface area (Å²) in [7, 11) is 1.67. The summed E-state index contributed by atoms with van der Waals surface area (Å²) in [5.41, 5.74) is 2.02. The van der Waals surface area contributed by atoms with E-state index in [-0.39, 0.29) is 22.7 Å². The van der Waals surface area contributed by atoms with Gasteiger partial charge in [0.05, 0.1) is 0 Å². The number of fused-ring (bicyclic) bond motifs is 1. The number of hydrogen-bond acceptors (Lipinski definition) is 16. The van der Waals surface area contributed by atoms with Gasteiger partial charge < -0.3 is 29.5 Å². The Morgan fingerprint density at radius 1 is 0.865 bits per heavy atom. The van der Waals surface area contributed by atoms with E-state index in [4.69, 9.17) is 19.3 Å². The van der Waals surface area contributed by atoms with Crippen molar-refractivity contribution >= 4 is 68.9 Å². The first-order chi connectivity index (χ1) is 35.8. The van der Waals surface area contributed by atoms with Crippen molar-refractivity contribution in [2.24, 2.45) is 12.2 Å². The number of hydrogen-bond donors (Lipinski definition) is 2. The van der Waals surface area contributed by atoms with Gasteiger partial charge in [0.2, 0.25) is 17.1 Å². The molecule has 2 N–H and O–H groups in total. The van der Waals surface area contributed by atoms with Gasteiger partial charge in [-0.15, -0.1) is 16.4 Å². The minimum atomic E-state index is -1.87. The van der Waals surface area contributed by atoms with Gasteiger partial charge in [0.15, 0.2) is 23.0 Å². The number of β-lactam (4-membered cyclic amide) rings is 1. The Bertz CT molecular complexity index is 3070. The molecule has 2 aliphatic rings. The standard InChI is InChI=1S/C54H49N9O8S3/c1-53(2,3)71-42(64)32-69-59-43(41-33-73-51(55-41)57-54(38-24-14-7-15-25-38,39-26-16-8-17-27-39)40-28-18-9-19-29-40)47(65)56-44-48(66)63-45(37(34-74(68)49(44)63)30-31-72-52-58-60-61-62(52)4)50(67)70-46(35-20-10-5-11-21-35)36-22-12-6-13-23-36/h5-31,33,44,46,49H,32,34H2,1-4H3,(H,55,57)(H,56,65)/b31-30+,59-43-. The fourth-order valence-electron chi connectivity index (χ4n) is 8.48. The summed E-state index contributed by atoms with van der Waals surface area (Å²) in [6, 6.07) is 46.5. The topological polar surface area (TPSA) is 215 Å². The van der Waals surface area contributed by atoms with Crippen molar-refractivity contribution in [2.45, 2.75) is 54.6 Å². The van der Waals surface area contributed by atoms with E-state index >= 15 is 0 Å². The van der Waals surface area contributed by atoms with E-state index in [1.54, 1.807) is 44.7 Å². The predicted octanol–water partition coefficient (Wildman–Crippen LogP) is 7.44. The van der Waals surface area contributed by atoms with Crippen LogP contribution in [0.15, 0.2) is 190 Å². The number of oxime groups is 1. The summed E-state index contributed by atoms with van der Waals surface area (Å²) in [4.78, 5) is 68.1. The molecule has 0 bridgehead atoms. The van der Waals surface area contributed by atoms with Crippen LogP contribution in [0.4, 0.5) is 5.13 Å². The second-order valence-corrected chi connectivity index (χ2v) is 21.1. The number of aromatic nitrogens is 5. The molecule has 0 aliphatic carbocycles. The summed E-state index contributed by atoms with van der Waals surface area (Å²) >= 11 is 0.470. The SMILES string of the molecule is Cn1nnnc1S/C=C/C1=C(C(=O)OC(c2ccccc2)c2ccccc2)N2C(=O)C(NC(=O)/C(=N\OCC(=O)OC(C)(C)C)c3csc(NC(c4ccccc4)(c4ccccc4)c4ccccc4)n3)C2[S+]([O-])C1. The Labute approximate surface area is 437 Å². The number of esters is 2. The molecule has 7 aromatic rings. The number of allylic oxidation sites excluding steroid dienone is 1. The maximum Gasteiger partial charge on any atom is 0.356 e. The number of nitrogens with zero attached hydrogens (tertiary/aromatic N) is 7. The highest BCUT2D eigenvalue weighted by Gasteiger charge is 2.61. The van der Waals surface area contributed by atoms with Crippen LogP contribution in [0.25, 0.3) is 0 Å². The van der Waals surface area contributed by atoms with E-state index in [1.165, 1.54) is 16.0 Å². The summed E-state index contributed by atoms with van der Waals surface area (Å²) in [5.74, 6) is -3.45. The third kappa shape index (κ3) is 11.2. The molecule has 0 spiro atoms. The first-order valence-corrected chi connectivity index (χ1v) is 26.4. The van der Waals surface area contributed by atoms with Crippen molar-refractivity contribution < 1.29 is 38.0 Å². The van der Waals surface area contributed by atoms with Gasteiger partial charge in [0.1, 0.15) is 28.3 Å². The number of carbonyl (C=O) groups excluding carboxylic acids is 4. The van der Waals surface area contributed by atoms with Gasteiger partial charge in [0, 0.05) is 18.0 Å². The number of thiazole rings is 1. The van der Waals surface area contributed by atoms with E-state index in [1.807, 2.05) is 152 Å². The quantitative estimate of drug-likeness (QED) is 0.0163. The van der Waals surface area contributed by atoms with Gasteiger partial charge in [-0.05, 0) is 81.7 Å². The highest BCUT2D eigenvalue weighted by molar-refractivity contribution is 8.02. The molecule has 9 rings (SSSR count). The Morgan fingerprint density at radius 2 is 1.42 bits per heavy atom. The molecule has 1 fully saturated rings. The molecule has 3 unspecified atom stereocenters. The molecule has 17 nitrogen and oxygen atoms in total. The summed E-state index contributed by atoms with van der Waals surface area (Å²) in [6.45, 7) is 4.45. The van der Waals surface area contributed by atoms with Crippen LogP contribution >= 0.6 is 23.1 Å². The number of rotatable bonds is 18. The van der Waals surface area contributed by atoms with Crippen LogP contribution in [0, 0.1) is 0 Å². The first-order valence-electron chi connectivity index (χ1n) is 23.2. The van der Waals surface area contributed by atoms with Crippen molar-refractivity contribution in [1.29, 1.82) is 0 Å². The largest absolute Gasteiger partial charge is 0.614 e. The Hall–Kier alpha value is -7.91. The van der Waals surface area contributed by atoms with E-state index < -0.39 is 75.9 Å². The lowest BCUT2D eigenvalue weighted by Crippen LogP contribution is -2.75. The van der Waals surface area contributed by atoms with Crippen molar-refractivity contribution in [1.82, 2.24) is 35.4 Å². The number of tetrazole rings is 1. The lowest BCUT2D eigenvalue weighted by molar-refractivity contribution is -0.160. The van der Waals surface area contributed by atoms with Gasteiger partial charge in [-0.3, -0.25) is 14.5 Å². The number of thioether (sulfide) groups is 1. The molecule has 3 atom stereocenters. The molecule has 74 heavy (non-hydrogen) atoms. The molecule has 5 aromatic carbocycles. The highest BCUT2D eigenvalue weighted by atomic mass is 32.2. The van der Waals surface area contributed by atoms with Crippen molar-refractivity contribution in [2.75, 3.05) is 17.7 Å². The van der Waals surface area contributed by atoms with E-state index in [0.717, 1.165) is 33.4 Å². The predicted molar refractivity (Wildman–Crippen MR) is 280 cm³/mol. The van der Waals surface area contributed by atoms with Crippen LogP contribution in [0.1, 0.15) is 60.4 Å². The van der Waals surface area contributed by atoms with Crippen LogP contribution in [-0.2, 0) is 57.3 Å². The lowest BCUT2D eigenvalue weighted by Gasteiger charge is -2.49. The highest BCUT2D eigenvalue weighted by Crippen LogP contribution is 2.42. The number of anilines is 1. The van der Waals surface area contributed by atoms with Crippen LogP contribution in [0.2, 0.25) is 0 Å². The van der Waals surface area contributed by atoms with E-state index in [2.05, 4.69) is 31.3 Å². The average Bonchev–Trinajstić information content (AvgIpc) is 4.06. The molecule has 2 aromatic heterocycles. The second-order valence-electron chi connectivity index (χ2n) is 17.9. The molecule has 0 saturated carbocycles. The third-order valence-electron chi connectivity index (χ3n) is 11.7. The minimum absolute atomic E-state index is 0.0377. The molecule has 1 saturated heterocycles. The molecule has 20 heteroatoms. The molecular weight excluding hydrogens is 999 g/mol. The fourth-order valence-corrected chi connectivity index (χ4v) is 11.5.